The molecule has 0 aliphatic heterocycles. The quantitative estimate of drug-likeness (QED) is 0.440. The number of allylic oxidation sites excluding steroid dienone is 2. The van der Waals surface area contributed by atoms with Crippen LogP contribution in [0.15, 0.2) is 42.5 Å². The molecule has 0 aliphatic rings. The third-order valence-electron chi connectivity index (χ3n) is 2.86. The van der Waals surface area contributed by atoms with Crippen molar-refractivity contribution >= 4 is 5.97 Å². The monoisotopic (exact) mass is 248 g/mol. The molecule has 0 amide bonds. The Morgan fingerprint density at radius 3 is 2.56 bits per heavy atom. The Kier molecular flexibility index (Phi) is 5.59. The van der Waals surface area contributed by atoms with E-state index in [0.29, 0.717) is 12.2 Å². The summed E-state index contributed by atoms with van der Waals surface area (Å²) < 4.78 is 10.6. The van der Waals surface area contributed by atoms with Gasteiger partial charge < -0.3 is 9.47 Å². The number of hydrogen-bond acceptors (Lipinski definition) is 3. The van der Waals surface area contributed by atoms with Crippen molar-refractivity contribution in [3.8, 4) is 5.75 Å². The van der Waals surface area contributed by atoms with Crippen LogP contribution in [0.1, 0.15) is 26.7 Å². The van der Waals surface area contributed by atoms with Crippen molar-refractivity contribution in [2.24, 2.45) is 0 Å². The van der Waals surface area contributed by atoms with Crippen LogP contribution in [-0.4, -0.2) is 18.7 Å². The summed E-state index contributed by atoms with van der Waals surface area (Å²) in [6, 6.07) is 9.03. The van der Waals surface area contributed by atoms with Crippen LogP contribution in [0.3, 0.4) is 0 Å². The lowest BCUT2D eigenvalue weighted by Crippen LogP contribution is -2.40. The minimum Gasteiger partial charge on any atom is -0.424 e. The molecule has 0 spiro atoms. The summed E-state index contributed by atoms with van der Waals surface area (Å²) in [5.41, 5.74) is -0.907. The Balaban J connectivity index is 2.66. The molecule has 0 saturated heterocycles. The third kappa shape index (κ3) is 4.00. The molecule has 1 aromatic carbocycles. The molecule has 0 heterocycles. The minimum absolute atomic E-state index is 0.360. The van der Waals surface area contributed by atoms with Crippen LogP contribution in [0.25, 0.3) is 0 Å². The first-order valence-electron chi connectivity index (χ1n) is 6.06. The van der Waals surface area contributed by atoms with E-state index in [1.165, 1.54) is 7.11 Å². The second kappa shape index (κ2) is 6.97. The van der Waals surface area contributed by atoms with Gasteiger partial charge in [0.1, 0.15) is 5.75 Å². The van der Waals surface area contributed by atoms with E-state index < -0.39 is 5.60 Å². The van der Waals surface area contributed by atoms with E-state index in [1.54, 1.807) is 19.1 Å². The van der Waals surface area contributed by atoms with E-state index in [2.05, 4.69) is 0 Å². The van der Waals surface area contributed by atoms with Gasteiger partial charge in [-0.2, -0.15) is 0 Å². The predicted molar refractivity (Wildman–Crippen MR) is 71.5 cm³/mol. The highest BCUT2D eigenvalue weighted by molar-refractivity contribution is 5.81. The number of benzene rings is 1. The molecule has 0 aliphatic carbocycles. The van der Waals surface area contributed by atoms with E-state index >= 15 is 0 Å². The molecule has 0 N–H and O–H groups in total. The average Bonchev–Trinajstić information content (AvgIpc) is 2.40. The van der Waals surface area contributed by atoms with Crippen molar-refractivity contribution in [3.63, 3.8) is 0 Å². The van der Waals surface area contributed by atoms with Gasteiger partial charge in [0, 0.05) is 7.11 Å². The zero-order valence-electron chi connectivity index (χ0n) is 11.2. The molecule has 0 saturated carbocycles. The van der Waals surface area contributed by atoms with Crippen molar-refractivity contribution in [3.05, 3.63) is 42.5 Å². The maximum Gasteiger partial charge on any atom is 0.343 e. The standard InChI is InChI=1S/C15H20O3/c1-4-5-9-12-15(2,17-3)14(16)18-13-10-7-6-8-11-13/h4-8,10-11H,9,12H2,1-3H3/b5-4+/t15-/m1/s1. The summed E-state index contributed by atoms with van der Waals surface area (Å²) in [7, 11) is 1.53. The summed E-state index contributed by atoms with van der Waals surface area (Å²) in [5, 5.41) is 0. The molecule has 1 atom stereocenters. The molecule has 1 aromatic rings. The van der Waals surface area contributed by atoms with Crippen molar-refractivity contribution in [1.82, 2.24) is 0 Å². The van der Waals surface area contributed by atoms with Crippen molar-refractivity contribution in [2.75, 3.05) is 7.11 Å². The molecule has 0 unspecified atom stereocenters. The first kappa shape index (κ1) is 14.5. The average molecular weight is 248 g/mol. The van der Waals surface area contributed by atoms with Crippen molar-refractivity contribution in [1.29, 1.82) is 0 Å². The summed E-state index contributed by atoms with van der Waals surface area (Å²) in [4.78, 5) is 12.1. The van der Waals surface area contributed by atoms with E-state index in [9.17, 15) is 4.79 Å². The molecular weight excluding hydrogens is 228 g/mol. The number of esters is 1. The Morgan fingerprint density at radius 2 is 2.00 bits per heavy atom. The molecule has 3 heteroatoms. The summed E-state index contributed by atoms with van der Waals surface area (Å²) in [6.07, 6.45) is 5.34. The van der Waals surface area contributed by atoms with Gasteiger partial charge >= 0.3 is 5.97 Å². The fraction of sp³-hybridized carbons (Fsp3) is 0.400. The topological polar surface area (TPSA) is 35.5 Å². The van der Waals surface area contributed by atoms with Gasteiger partial charge in [-0.25, -0.2) is 4.79 Å². The Labute approximate surface area is 108 Å². The molecule has 0 aromatic heterocycles. The highest BCUT2D eigenvalue weighted by atomic mass is 16.6. The molecule has 98 valence electrons. The zero-order valence-corrected chi connectivity index (χ0v) is 11.2. The normalized spacial score (nSPS) is 14.4. The summed E-state index contributed by atoms with van der Waals surface area (Å²) in [5.74, 6) is 0.178. The highest BCUT2D eigenvalue weighted by Crippen LogP contribution is 2.21. The van der Waals surface area contributed by atoms with Gasteiger partial charge in [0.2, 0.25) is 0 Å². The van der Waals surface area contributed by atoms with E-state index in [0.717, 1.165) is 6.42 Å². The van der Waals surface area contributed by atoms with Gasteiger partial charge in [-0.15, -0.1) is 0 Å². The largest absolute Gasteiger partial charge is 0.424 e. The molecule has 0 fully saturated rings. The molecule has 3 nitrogen and oxygen atoms in total. The second-order valence-corrected chi connectivity index (χ2v) is 4.25. The van der Waals surface area contributed by atoms with Crippen LogP contribution in [0.2, 0.25) is 0 Å². The van der Waals surface area contributed by atoms with Crippen molar-refractivity contribution in [2.45, 2.75) is 32.3 Å². The molecular formula is C15H20O3. The Hall–Kier alpha value is -1.61. The maximum atomic E-state index is 12.1. The van der Waals surface area contributed by atoms with Crippen LogP contribution in [0, 0.1) is 0 Å². The van der Waals surface area contributed by atoms with E-state index in [4.69, 9.17) is 9.47 Å². The highest BCUT2D eigenvalue weighted by Gasteiger charge is 2.34. The SMILES string of the molecule is C/C=C/CC[C@@](C)(OC)C(=O)Oc1ccccc1. The van der Waals surface area contributed by atoms with Crippen LogP contribution in [0.5, 0.6) is 5.75 Å². The lowest BCUT2D eigenvalue weighted by Gasteiger charge is -2.25. The molecule has 0 bridgehead atoms. The van der Waals surface area contributed by atoms with Gasteiger partial charge in [0.25, 0.3) is 0 Å². The second-order valence-electron chi connectivity index (χ2n) is 4.25. The van der Waals surface area contributed by atoms with Gasteiger partial charge in [-0.05, 0) is 38.8 Å². The van der Waals surface area contributed by atoms with Gasteiger partial charge in [-0.1, -0.05) is 30.4 Å². The van der Waals surface area contributed by atoms with Gasteiger partial charge in [0.15, 0.2) is 5.60 Å². The summed E-state index contributed by atoms with van der Waals surface area (Å²) in [6.45, 7) is 3.70. The fourth-order valence-electron chi connectivity index (χ4n) is 1.52. The first-order valence-corrected chi connectivity index (χ1v) is 6.06. The van der Waals surface area contributed by atoms with Crippen LogP contribution < -0.4 is 4.74 Å². The minimum atomic E-state index is -0.907. The van der Waals surface area contributed by atoms with Crippen molar-refractivity contribution < 1.29 is 14.3 Å². The number of carbonyl (C=O) groups is 1. The van der Waals surface area contributed by atoms with Gasteiger partial charge in [0.05, 0.1) is 0 Å². The predicted octanol–water partition coefficient (Wildman–Crippen LogP) is 3.35. The number of hydrogen-bond donors (Lipinski definition) is 0. The van der Waals surface area contributed by atoms with E-state index in [-0.39, 0.29) is 5.97 Å². The number of ether oxygens (including phenoxy) is 2. The number of rotatable bonds is 6. The lowest BCUT2D eigenvalue weighted by atomic mass is 10.00. The summed E-state index contributed by atoms with van der Waals surface area (Å²) >= 11 is 0. The number of carbonyl (C=O) groups excluding carboxylic acids is 1. The Bertz CT molecular complexity index is 397. The smallest absolute Gasteiger partial charge is 0.343 e. The zero-order chi connectivity index (χ0) is 13.4. The molecule has 18 heavy (non-hydrogen) atoms. The first-order chi connectivity index (χ1) is 8.62. The van der Waals surface area contributed by atoms with Crippen LogP contribution in [-0.2, 0) is 9.53 Å². The Morgan fingerprint density at radius 1 is 1.33 bits per heavy atom. The maximum absolute atomic E-state index is 12.1. The third-order valence-corrected chi connectivity index (χ3v) is 2.86. The van der Waals surface area contributed by atoms with Gasteiger partial charge in [-0.3, -0.25) is 0 Å². The van der Waals surface area contributed by atoms with E-state index in [1.807, 2.05) is 37.3 Å². The fourth-order valence-corrected chi connectivity index (χ4v) is 1.52. The lowest BCUT2D eigenvalue weighted by molar-refractivity contribution is -0.157. The van der Waals surface area contributed by atoms with Crippen LogP contribution >= 0.6 is 0 Å². The molecule has 0 radical (unpaired) electrons. The molecule has 1 rings (SSSR count). The number of methoxy groups -OCH3 is 1. The number of para-hydroxylation sites is 1. The van der Waals surface area contributed by atoms with Crippen LogP contribution in [0.4, 0.5) is 0 Å².